The molecule has 2 rings (SSSR count). The van der Waals surface area contributed by atoms with Crippen LogP contribution >= 0.6 is 11.6 Å². The molecule has 0 bridgehead atoms. The summed E-state index contributed by atoms with van der Waals surface area (Å²) in [4.78, 5) is 20.2. The van der Waals surface area contributed by atoms with E-state index in [4.69, 9.17) is 11.6 Å². The van der Waals surface area contributed by atoms with Crippen LogP contribution in [0.25, 0.3) is 0 Å². The van der Waals surface area contributed by atoms with Crippen molar-refractivity contribution in [2.24, 2.45) is 0 Å². The van der Waals surface area contributed by atoms with E-state index in [-0.39, 0.29) is 11.0 Å². The summed E-state index contributed by atoms with van der Waals surface area (Å²) < 4.78 is 0. The van der Waals surface area contributed by atoms with Crippen molar-refractivity contribution in [3.05, 3.63) is 21.1 Å². The quantitative estimate of drug-likeness (QED) is 0.478. The van der Waals surface area contributed by atoms with Crippen LogP contribution in [0.15, 0.2) is 0 Å². The van der Waals surface area contributed by atoms with Gasteiger partial charge in [-0.25, -0.2) is 4.98 Å². The van der Waals surface area contributed by atoms with Crippen molar-refractivity contribution in [2.75, 3.05) is 31.1 Å². The van der Waals surface area contributed by atoms with Crippen molar-refractivity contribution < 1.29 is 4.92 Å². The Labute approximate surface area is 103 Å². The SMILES string of the molecule is Cc1nc(Cl)nc(N2CCNCC2)c1[N+](=O)[O-]. The van der Waals surface area contributed by atoms with Gasteiger partial charge >= 0.3 is 5.69 Å². The number of hydrogen-bond donors (Lipinski definition) is 1. The van der Waals surface area contributed by atoms with Gasteiger partial charge in [0.25, 0.3) is 0 Å². The van der Waals surface area contributed by atoms with Gasteiger partial charge < -0.3 is 10.2 Å². The van der Waals surface area contributed by atoms with Crippen molar-refractivity contribution in [3.8, 4) is 0 Å². The van der Waals surface area contributed by atoms with E-state index in [1.54, 1.807) is 6.92 Å². The van der Waals surface area contributed by atoms with E-state index in [9.17, 15) is 10.1 Å². The van der Waals surface area contributed by atoms with Gasteiger partial charge in [-0.2, -0.15) is 4.98 Å². The molecule has 2 heterocycles. The number of hydrogen-bond acceptors (Lipinski definition) is 6. The molecule has 0 radical (unpaired) electrons. The van der Waals surface area contributed by atoms with E-state index in [0.29, 0.717) is 24.6 Å². The summed E-state index contributed by atoms with van der Waals surface area (Å²) in [6.45, 7) is 4.47. The molecular weight excluding hydrogens is 246 g/mol. The smallest absolute Gasteiger partial charge is 0.332 e. The number of nitrogens with one attached hydrogen (secondary N) is 1. The zero-order valence-corrected chi connectivity index (χ0v) is 10.1. The number of rotatable bonds is 2. The molecule has 7 nitrogen and oxygen atoms in total. The third kappa shape index (κ3) is 2.45. The molecule has 1 aromatic rings. The Kier molecular flexibility index (Phi) is 3.39. The molecule has 1 aliphatic rings. The molecule has 1 aliphatic heterocycles. The van der Waals surface area contributed by atoms with Gasteiger partial charge in [-0.1, -0.05) is 0 Å². The fraction of sp³-hybridized carbons (Fsp3) is 0.556. The van der Waals surface area contributed by atoms with Crippen molar-refractivity contribution in [2.45, 2.75) is 6.92 Å². The monoisotopic (exact) mass is 257 g/mol. The second-order valence-corrected chi connectivity index (χ2v) is 4.08. The van der Waals surface area contributed by atoms with Gasteiger partial charge in [0.05, 0.1) is 4.92 Å². The first-order chi connectivity index (χ1) is 8.09. The fourth-order valence-corrected chi connectivity index (χ4v) is 2.04. The van der Waals surface area contributed by atoms with Crippen LogP contribution in [-0.4, -0.2) is 41.1 Å². The topological polar surface area (TPSA) is 84.2 Å². The minimum Gasteiger partial charge on any atom is -0.348 e. The zero-order valence-electron chi connectivity index (χ0n) is 9.31. The summed E-state index contributed by atoms with van der Waals surface area (Å²) >= 11 is 5.76. The fourth-order valence-electron chi connectivity index (χ4n) is 1.83. The lowest BCUT2D eigenvalue weighted by Gasteiger charge is -2.28. The van der Waals surface area contributed by atoms with Crippen molar-refractivity contribution >= 4 is 23.1 Å². The van der Waals surface area contributed by atoms with E-state index in [0.717, 1.165) is 13.1 Å². The highest BCUT2D eigenvalue weighted by Crippen LogP contribution is 2.29. The largest absolute Gasteiger partial charge is 0.348 e. The molecule has 17 heavy (non-hydrogen) atoms. The molecule has 0 saturated carbocycles. The predicted molar refractivity (Wildman–Crippen MR) is 63.5 cm³/mol. The van der Waals surface area contributed by atoms with Crippen LogP contribution in [0.5, 0.6) is 0 Å². The molecular formula is C9H12ClN5O2. The molecule has 0 amide bonds. The Morgan fingerprint density at radius 2 is 2.06 bits per heavy atom. The maximum atomic E-state index is 11.0. The summed E-state index contributed by atoms with van der Waals surface area (Å²) in [5, 5.41) is 14.3. The van der Waals surface area contributed by atoms with Gasteiger partial charge in [-0.15, -0.1) is 0 Å². The number of nitrogens with zero attached hydrogens (tertiary/aromatic N) is 4. The van der Waals surface area contributed by atoms with Crippen LogP contribution in [0.3, 0.4) is 0 Å². The van der Waals surface area contributed by atoms with E-state index in [1.165, 1.54) is 0 Å². The normalized spacial score (nSPS) is 16.0. The molecule has 0 unspecified atom stereocenters. The average molecular weight is 258 g/mol. The van der Waals surface area contributed by atoms with E-state index in [1.807, 2.05) is 4.90 Å². The Morgan fingerprint density at radius 1 is 1.41 bits per heavy atom. The summed E-state index contributed by atoms with van der Waals surface area (Å²) in [5.74, 6) is 0.314. The third-order valence-electron chi connectivity index (χ3n) is 2.61. The molecule has 0 spiro atoms. The molecule has 8 heteroatoms. The van der Waals surface area contributed by atoms with Crippen molar-refractivity contribution in [3.63, 3.8) is 0 Å². The highest BCUT2D eigenvalue weighted by Gasteiger charge is 2.26. The minimum atomic E-state index is -0.455. The maximum absolute atomic E-state index is 11.0. The standard InChI is InChI=1S/C9H12ClN5O2/c1-6-7(15(16)17)8(13-9(10)12-6)14-4-2-11-3-5-14/h11H,2-5H2,1H3. The first-order valence-electron chi connectivity index (χ1n) is 5.24. The molecule has 1 aromatic heterocycles. The molecule has 1 N–H and O–H groups in total. The Hall–Kier alpha value is -1.47. The molecule has 1 saturated heterocycles. The lowest BCUT2D eigenvalue weighted by molar-refractivity contribution is -0.385. The van der Waals surface area contributed by atoms with Crippen LogP contribution in [0, 0.1) is 17.0 Å². The summed E-state index contributed by atoms with van der Waals surface area (Å²) in [6, 6.07) is 0. The summed E-state index contributed by atoms with van der Waals surface area (Å²) in [7, 11) is 0. The van der Waals surface area contributed by atoms with Crippen LogP contribution in [-0.2, 0) is 0 Å². The van der Waals surface area contributed by atoms with Gasteiger partial charge in [0.2, 0.25) is 11.1 Å². The van der Waals surface area contributed by atoms with Gasteiger partial charge in [-0.05, 0) is 18.5 Å². The number of halogens is 1. The van der Waals surface area contributed by atoms with Crippen LogP contribution in [0.1, 0.15) is 5.69 Å². The van der Waals surface area contributed by atoms with Crippen molar-refractivity contribution in [1.29, 1.82) is 0 Å². The number of piperazine rings is 1. The highest BCUT2D eigenvalue weighted by atomic mass is 35.5. The van der Waals surface area contributed by atoms with Gasteiger partial charge in [0.1, 0.15) is 5.69 Å². The van der Waals surface area contributed by atoms with E-state index < -0.39 is 4.92 Å². The highest BCUT2D eigenvalue weighted by molar-refractivity contribution is 6.28. The van der Waals surface area contributed by atoms with Crippen molar-refractivity contribution in [1.82, 2.24) is 15.3 Å². The van der Waals surface area contributed by atoms with Crippen LogP contribution < -0.4 is 10.2 Å². The number of aromatic nitrogens is 2. The summed E-state index contributed by atoms with van der Waals surface area (Å²) in [5.41, 5.74) is 0.236. The maximum Gasteiger partial charge on any atom is 0.332 e. The molecule has 0 aromatic carbocycles. The Bertz CT molecular complexity index is 447. The van der Waals surface area contributed by atoms with E-state index >= 15 is 0 Å². The lowest BCUT2D eigenvalue weighted by Crippen LogP contribution is -2.44. The second kappa shape index (κ2) is 4.80. The average Bonchev–Trinajstić information content (AvgIpc) is 2.28. The summed E-state index contributed by atoms with van der Waals surface area (Å²) in [6.07, 6.45) is 0. The molecule has 0 atom stereocenters. The molecule has 0 aliphatic carbocycles. The Balaban J connectivity index is 2.46. The van der Waals surface area contributed by atoms with Crippen LogP contribution in [0.4, 0.5) is 11.5 Å². The molecule has 1 fully saturated rings. The third-order valence-corrected chi connectivity index (χ3v) is 2.78. The first kappa shape index (κ1) is 12.0. The number of nitro groups is 1. The van der Waals surface area contributed by atoms with Gasteiger partial charge in [0.15, 0.2) is 0 Å². The predicted octanol–water partition coefficient (Wildman–Crippen LogP) is 0.756. The lowest BCUT2D eigenvalue weighted by atomic mass is 10.3. The zero-order chi connectivity index (χ0) is 12.4. The number of aryl methyl sites for hydroxylation is 1. The first-order valence-corrected chi connectivity index (χ1v) is 5.61. The van der Waals surface area contributed by atoms with Gasteiger partial charge in [-0.3, -0.25) is 10.1 Å². The Morgan fingerprint density at radius 3 is 2.65 bits per heavy atom. The van der Waals surface area contributed by atoms with E-state index in [2.05, 4.69) is 15.3 Å². The van der Waals surface area contributed by atoms with Crippen LogP contribution in [0.2, 0.25) is 5.28 Å². The molecule has 92 valence electrons. The minimum absolute atomic E-state index is 0.0432. The number of anilines is 1. The second-order valence-electron chi connectivity index (χ2n) is 3.74. The van der Waals surface area contributed by atoms with Gasteiger partial charge in [0, 0.05) is 26.2 Å².